The Hall–Kier alpha value is -1.45. The second-order valence-corrected chi connectivity index (χ2v) is 4.07. The number of rotatable bonds is 4. The molecule has 4 nitrogen and oxygen atoms in total. The summed E-state index contributed by atoms with van der Waals surface area (Å²) in [6.45, 7) is 3.22. The van der Waals surface area contributed by atoms with Crippen LogP contribution in [0.3, 0.4) is 0 Å². The van der Waals surface area contributed by atoms with Crippen molar-refractivity contribution in [3.8, 4) is 0 Å². The second-order valence-electron chi connectivity index (χ2n) is 4.07. The quantitative estimate of drug-likeness (QED) is 0.785. The molecule has 0 aromatic carbocycles. The lowest BCUT2D eigenvalue weighted by Gasteiger charge is -2.23. The highest BCUT2D eigenvalue weighted by Gasteiger charge is 2.29. The van der Waals surface area contributed by atoms with Crippen molar-refractivity contribution >= 4 is 17.3 Å². The van der Waals surface area contributed by atoms with Gasteiger partial charge >= 0.3 is 0 Å². The van der Waals surface area contributed by atoms with E-state index in [1.54, 1.807) is 0 Å². The van der Waals surface area contributed by atoms with E-state index >= 15 is 0 Å². The van der Waals surface area contributed by atoms with E-state index in [1.165, 1.54) is 12.8 Å². The number of pyridine rings is 1. The van der Waals surface area contributed by atoms with E-state index in [0.29, 0.717) is 17.5 Å². The van der Waals surface area contributed by atoms with Gasteiger partial charge in [0.1, 0.15) is 11.6 Å². The van der Waals surface area contributed by atoms with Crippen LogP contribution in [0.15, 0.2) is 12.1 Å². The van der Waals surface area contributed by atoms with Crippen molar-refractivity contribution in [1.82, 2.24) is 4.98 Å². The lowest BCUT2D eigenvalue weighted by molar-refractivity contribution is 0.751. The van der Waals surface area contributed by atoms with Crippen LogP contribution in [0.25, 0.3) is 0 Å². The van der Waals surface area contributed by atoms with E-state index in [4.69, 9.17) is 11.5 Å². The Balaban J connectivity index is 2.21. The molecule has 0 bridgehead atoms. The summed E-state index contributed by atoms with van der Waals surface area (Å²) in [5.74, 6) is 1.40. The highest BCUT2D eigenvalue weighted by atomic mass is 15.2. The van der Waals surface area contributed by atoms with Crippen LogP contribution >= 0.6 is 0 Å². The summed E-state index contributed by atoms with van der Waals surface area (Å²) in [5, 5.41) is 0. The minimum Gasteiger partial charge on any atom is -0.396 e. The van der Waals surface area contributed by atoms with Gasteiger partial charge in [0.15, 0.2) is 0 Å². The first kappa shape index (κ1) is 10.1. The molecule has 0 saturated heterocycles. The number of hydrogen-bond acceptors (Lipinski definition) is 4. The van der Waals surface area contributed by atoms with Gasteiger partial charge in [0, 0.05) is 12.6 Å². The van der Waals surface area contributed by atoms with Crippen LogP contribution < -0.4 is 16.4 Å². The van der Waals surface area contributed by atoms with Gasteiger partial charge in [-0.3, -0.25) is 0 Å². The topological polar surface area (TPSA) is 68.2 Å². The molecule has 0 unspecified atom stereocenters. The van der Waals surface area contributed by atoms with Crippen LogP contribution in [0.2, 0.25) is 0 Å². The molecule has 1 fully saturated rings. The van der Waals surface area contributed by atoms with Crippen molar-refractivity contribution in [1.29, 1.82) is 0 Å². The molecule has 0 aliphatic heterocycles. The standard InChI is InChI=1S/C11H18N4/c1-2-7-15(8-3-4-8)10-6-5-9(12)11(13)14-10/h5-6,8H,2-4,7,12H2,1H3,(H2,13,14). The van der Waals surface area contributed by atoms with Crippen molar-refractivity contribution in [3.05, 3.63) is 12.1 Å². The summed E-state index contributed by atoms with van der Waals surface area (Å²) in [7, 11) is 0. The average Bonchev–Trinajstić information content (AvgIpc) is 3.02. The van der Waals surface area contributed by atoms with Crippen molar-refractivity contribution in [2.24, 2.45) is 0 Å². The molecule has 2 rings (SSSR count). The van der Waals surface area contributed by atoms with Crippen molar-refractivity contribution in [2.45, 2.75) is 32.2 Å². The molecule has 1 aromatic rings. The van der Waals surface area contributed by atoms with E-state index in [1.807, 2.05) is 12.1 Å². The molecule has 0 spiro atoms. The van der Waals surface area contributed by atoms with Crippen LogP contribution in [0.1, 0.15) is 26.2 Å². The number of aromatic nitrogens is 1. The molecule has 0 radical (unpaired) electrons. The molecule has 1 heterocycles. The molecular weight excluding hydrogens is 188 g/mol. The normalized spacial score (nSPS) is 15.3. The Morgan fingerprint density at radius 2 is 2.13 bits per heavy atom. The highest BCUT2D eigenvalue weighted by molar-refractivity contribution is 5.62. The summed E-state index contributed by atoms with van der Waals surface area (Å²) in [5.41, 5.74) is 11.9. The Morgan fingerprint density at radius 1 is 1.40 bits per heavy atom. The molecule has 1 saturated carbocycles. The summed E-state index contributed by atoms with van der Waals surface area (Å²) >= 11 is 0. The maximum atomic E-state index is 5.71. The van der Waals surface area contributed by atoms with Gasteiger partial charge < -0.3 is 16.4 Å². The lowest BCUT2D eigenvalue weighted by atomic mass is 10.3. The van der Waals surface area contributed by atoms with Gasteiger partial charge in [-0.2, -0.15) is 0 Å². The fourth-order valence-corrected chi connectivity index (χ4v) is 1.75. The first-order valence-electron chi connectivity index (χ1n) is 5.51. The largest absolute Gasteiger partial charge is 0.396 e. The van der Waals surface area contributed by atoms with E-state index in [0.717, 1.165) is 18.8 Å². The maximum Gasteiger partial charge on any atom is 0.149 e. The fourth-order valence-electron chi connectivity index (χ4n) is 1.75. The first-order chi connectivity index (χ1) is 7.22. The minimum atomic E-state index is 0.439. The summed E-state index contributed by atoms with van der Waals surface area (Å²) in [6, 6.07) is 4.46. The molecule has 0 atom stereocenters. The molecule has 1 aliphatic carbocycles. The monoisotopic (exact) mass is 206 g/mol. The second kappa shape index (κ2) is 3.96. The molecule has 15 heavy (non-hydrogen) atoms. The fraction of sp³-hybridized carbons (Fsp3) is 0.545. The van der Waals surface area contributed by atoms with Gasteiger partial charge in [0.25, 0.3) is 0 Å². The summed E-state index contributed by atoms with van der Waals surface area (Å²) in [4.78, 5) is 6.66. The molecule has 82 valence electrons. The molecule has 4 heteroatoms. The number of nitrogens with two attached hydrogens (primary N) is 2. The van der Waals surface area contributed by atoms with Gasteiger partial charge in [0.05, 0.1) is 5.69 Å². The number of nitrogens with zero attached hydrogens (tertiary/aromatic N) is 2. The molecular formula is C11H18N4. The van der Waals surface area contributed by atoms with Crippen LogP contribution in [0.5, 0.6) is 0 Å². The summed E-state index contributed by atoms with van der Waals surface area (Å²) < 4.78 is 0. The van der Waals surface area contributed by atoms with Crippen molar-refractivity contribution in [3.63, 3.8) is 0 Å². The minimum absolute atomic E-state index is 0.439. The van der Waals surface area contributed by atoms with Crippen molar-refractivity contribution < 1.29 is 0 Å². The molecule has 1 aliphatic rings. The smallest absolute Gasteiger partial charge is 0.149 e. The lowest BCUT2D eigenvalue weighted by Crippen LogP contribution is -2.27. The predicted octanol–water partition coefficient (Wildman–Crippen LogP) is 1.62. The van der Waals surface area contributed by atoms with Crippen LogP contribution in [0, 0.1) is 0 Å². The average molecular weight is 206 g/mol. The molecule has 4 N–H and O–H groups in total. The number of hydrogen-bond donors (Lipinski definition) is 2. The third kappa shape index (κ3) is 2.14. The van der Waals surface area contributed by atoms with Crippen LogP contribution in [-0.4, -0.2) is 17.6 Å². The van der Waals surface area contributed by atoms with Gasteiger partial charge in [-0.15, -0.1) is 0 Å². The Labute approximate surface area is 90.3 Å². The van der Waals surface area contributed by atoms with Crippen molar-refractivity contribution in [2.75, 3.05) is 22.9 Å². The highest BCUT2D eigenvalue weighted by Crippen LogP contribution is 2.31. The van der Waals surface area contributed by atoms with E-state index < -0.39 is 0 Å². The van der Waals surface area contributed by atoms with E-state index in [9.17, 15) is 0 Å². The summed E-state index contributed by atoms with van der Waals surface area (Å²) in [6.07, 6.45) is 3.67. The van der Waals surface area contributed by atoms with E-state index in [-0.39, 0.29) is 0 Å². The maximum absolute atomic E-state index is 5.71. The zero-order valence-corrected chi connectivity index (χ0v) is 9.11. The SMILES string of the molecule is CCCN(c1ccc(N)c(N)n1)C1CC1. The Morgan fingerprint density at radius 3 is 2.67 bits per heavy atom. The predicted molar refractivity (Wildman–Crippen MR) is 63.7 cm³/mol. The third-order valence-corrected chi connectivity index (χ3v) is 2.69. The van der Waals surface area contributed by atoms with Crippen LogP contribution in [0.4, 0.5) is 17.3 Å². The van der Waals surface area contributed by atoms with Gasteiger partial charge in [-0.25, -0.2) is 4.98 Å². The van der Waals surface area contributed by atoms with Gasteiger partial charge in [-0.05, 0) is 31.4 Å². The van der Waals surface area contributed by atoms with Crippen LogP contribution in [-0.2, 0) is 0 Å². The third-order valence-electron chi connectivity index (χ3n) is 2.69. The Bertz CT molecular complexity index is 346. The Kier molecular flexibility index (Phi) is 2.66. The molecule has 0 amide bonds. The zero-order valence-electron chi connectivity index (χ0n) is 9.11. The zero-order chi connectivity index (χ0) is 10.8. The first-order valence-corrected chi connectivity index (χ1v) is 5.51. The number of anilines is 3. The van der Waals surface area contributed by atoms with Gasteiger partial charge in [0.2, 0.25) is 0 Å². The van der Waals surface area contributed by atoms with Gasteiger partial charge in [-0.1, -0.05) is 6.92 Å². The molecule has 1 aromatic heterocycles. The number of nitrogen functional groups attached to an aromatic ring is 2. The van der Waals surface area contributed by atoms with E-state index in [2.05, 4.69) is 16.8 Å².